The molecule has 0 spiro atoms. The van der Waals surface area contributed by atoms with Gasteiger partial charge in [-0.2, -0.15) is 84.4 Å². The minimum absolute atomic E-state index is 0. The smallest absolute Gasteiger partial charge is 0.0771 e. The van der Waals surface area contributed by atoms with Crippen LogP contribution in [0.5, 0.6) is 0 Å². The number of allylic oxidation sites excluding steroid dienone is 4. The summed E-state index contributed by atoms with van der Waals surface area (Å²) in [6.07, 6.45) is 8.50. The maximum atomic E-state index is 3.34. The van der Waals surface area contributed by atoms with Gasteiger partial charge in [0.25, 0.3) is 0 Å². The van der Waals surface area contributed by atoms with Gasteiger partial charge in [-0.05, 0) is 0 Å². The molecule has 196 valence electrons. The zero-order valence-electron chi connectivity index (χ0n) is 22.3. The average Bonchev–Trinajstić information content (AvgIpc) is 3.62. The summed E-state index contributed by atoms with van der Waals surface area (Å²) >= 11 is 1.30. The SMILES string of the molecule is CC(C)(C)C1=CC[C-]=C1.[CH2]=[Zr+2].[Cl-].[Cl-].[c-]1ccccc1.[c-]1ccccc1.c1ccc2c(c1)[cH-]c1ccccc12. The second-order valence-corrected chi connectivity index (χ2v) is 8.94. The fourth-order valence-electron chi connectivity index (χ4n) is 3.51. The summed E-state index contributed by atoms with van der Waals surface area (Å²) in [6.45, 7) is 6.67. The van der Waals surface area contributed by atoms with Crippen molar-refractivity contribution in [3.8, 4) is 0 Å². The van der Waals surface area contributed by atoms with Gasteiger partial charge < -0.3 is 24.8 Å². The molecule has 5 aromatic rings. The molecule has 1 aliphatic carbocycles. The Morgan fingerprint density at radius 1 is 0.658 bits per heavy atom. The second kappa shape index (κ2) is 20.5. The predicted molar refractivity (Wildman–Crippen MR) is 155 cm³/mol. The minimum Gasteiger partial charge on any atom is -1.00 e. The quantitative estimate of drug-likeness (QED) is 0.234. The summed E-state index contributed by atoms with van der Waals surface area (Å²) < 4.78 is 3.34. The first-order valence-electron chi connectivity index (χ1n) is 12.0. The molecule has 0 atom stereocenters. The molecule has 0 heterocycles. The van der Waals surface area contributed by atoms with E-state index in [1.165, 1.54) is 51.4 Å². The Morgan fingerprint density at radius 2 is 1.08 bits per heavy atom. The van der Waals surface area contributed by atoms with E-state index in [4.69, 9.17) is 0 Å². The van der Waals surface area contributed by atoms with E-state index in [0.29, 0.717) is 5.41 Å². The molecule has 0 bridgehead atoms. The predicted octanol–water partition coefficient (Wildman–Crippen LogP) is 3.38. The molecule has 0 amide bonds. The van der Waals surface area contributed by atoms with Crippen LogP contribution in [0.3, 0.4) is 0 Å². The Morgan fingerprint density at radius 3 is 1.34 bits per heavy atom. The third-order valence-corrected chi connectivity index (χ3v) is 5.30. The van der Waals surface area contributed by atoms with Crippen molar-refractivity contribution >= 4 is 25.8 Å². The molecule has 0 saturated carbocycles. The van der Waals surface area contributed by atoms with Crippen LogP contribution in [0, 0.1) is 23.6 Å². The van der Waals surface area contributed by atoms with Crippen molar-refractivity contribution < 1.29 is 49.0 Å². The van der Waals surface area contributed by atoms with Crippen LogP contribution in [-0.4, -0.2) is 4.21 Å². The number of rotatable bonds is 0. The van der Waals surface area contributed by atoms with E-state index in [1.807, 2.05) is 60.7 Å². The maximum Gasteiger partial charge on any atom is -0.0771 e. The molecule has 5 aromatic carbocycles. The molecule has 6 rings (SSSR count). The second-order valence-electron chi connectivity index (χ2n) is 8.94. The van der Waals surface area contributed by atoms with Crippen molar-refractivity contribution in [1.82, 2.24) is 0 Å². The van der Waals surface area contributed by atoms with E-state index in [9.17, 15) is 0 Å². The van der Waals surface area contributed by atoms with Crippen LogP contribution >= 0.6 is 0 Å². The number of halogens is 2. The molecule has 0 fully saturated rings. The van der Waals surface area contributed by atoms with Gasteiger partial charge in [0.1, 0.15) is 0 Å². The number of benzene rings is 4. The molecule has 0 nitrogen and oxygen atoms in total. The summed E-state index contributed by atoms with van der Waals surface area (Å²) in [5.74, 6) is 0. The van der Waals surface area contributed by atoms with Gasteiger partial charge in [-0.15, -0.1) is 46.2 Å². The average molecular weight is 617 g/mol. The molecule has 0 unspecified atom stereocenters. The molecular formula is C35H34Cl2Zr-4. The van der Waals surface area contributed by atoms with Crippen LogP contribution in [0.25, 0.3) is 21.5 Å². The van der Waals surface area contributed by atoms with Gasteiger partial charge >= 0.3 is 28.4 Å². The fraction of sp³-hybridized carbons (Fsp3) is 0.143. The zero-order chi connectivity index (χ0) is 26.1. The van der Waals surface area contributed by atoms with Crippen molar-refractivity contribution in [2.24, 2.45) is 5.41 Å². The normalized spacial score (nSPS) is 10.8. The summed E-state index contributed by atoms with van der Waals surface area (Å²) in [4.78, 5) is 0. The van der Waals surface area contributed by atoms with Crippen LogP contribution < -0.4 is 24.8 Å². The first-order valence-corrected chi connectivity index (χ1v) is 13.8. The van der Waals surface area contributed by atoms with Gasteiger partial charge in [-0.25, -0.2) is 6.08 Å². The van der Waals surface area contributed by atoms with Gasteiger partial charge in [0, 0.05) is 0 Å². The van der Waals surface area contributed by atoms with Crippen LogP contribution in [0.4, 0.5) is 0 Å². The number of fused-ring (bicyclic) bond motifs is 3. The maximum absolute atomic E-state index is 3.34. The molecule has 0 aromatic heterocycles. The van der Waals surface area contributed by atoms with E-state index in [0.717, 1.165) is 6.42 Å². The van der Waals surface area contributed by atoms with Gasteiger partial charge in [-0.3, -0.25) is 6.08 Å². The zero-order valence-corrected chi connectivity index (χ0v) is 26.3. The van der Waals surface area contributed by atoms with E-state index >= 15 is 0 Å². The Balaban J connectivity index is 0.000000486. The Labute approximate surface area is 257 Å². The van der Waals surface area contributed by atoms with E-state index in [1.54, 1.807) is 0 Å². The third kappa shape index (κ3) is 12.9. The third-order valence-electron chi connectivity index (χ3n) is 5.30. The molecule has 1 aliphatic rings. The topological polar surface area (TPSA) is 0 Å². The minimum atomic E-state index is 0. The van der Waals surface area contributed by atoms with Crippen molar-refractivity contribution in [2.45, 2.75) is 27.2 Å². The van der Waals surface area contributed by atoms with Gasteiger partial charge in [0.15, 0.2) is 0 Å². The van der Waals surface area contributed by atoms with E-state index in [2.05, 4.69) is 110 Å². The summed E-state index contributed by atoms with van der Waals surface area (Å²) in [5, 5.41) is 5.39. The summed E-state index contributed by atoms with van der Waals surface area (Å²) in [5.41, 5.74) is 1.74. The molecular weight excluding hydrogens is 583 g/mol. The van der Waals surface area contributed by atoms with Crippen LogP contribution in [0.1, 0.15) is 27.2 Å². The Hall–Kier alpha value is -2.44. The number of hydrogen-bond donors (Lipinski definition) is 0. The summed E-state index contributed by atoms with van der Waals surface area (Å²) in [6, 6.07) is 44.3. The number of hydrogen-bond acceptors (Lipinski definition) is 0. The van der Waals surface area contributed by atoms with E-state index < -0.39 is 0 Å². The van der Waals surface area contributed by atoms with Gasteiger partial charge in [0.2, 0.25) is 0 Å². The molecule has 0 saturated heterocycles. The molecule has 3 heteroatoms. The van der Waals surface area contributed by atoms with Gasteiger partial charge in [0.05, 0.1) is 0 Å². The monoisotopic (exact) mass is 614 g/mol. The molecule has 0 N–H and O–H groups in total. The standard InChI is InChI=1S/C13H9.C9H13.2C6H5.CH2.2ClH.Zr/c1-3-7-12-10(5-1)9-11-6-2-4-8-13(11)12;1-9(2,3)8-6-4-5-7-8;2*1-2-4-6-5-3-1;;;;/h1-9H;6-7H,4H2,1-3H3;2*1-5H;1H2;2*1H;/q4*-1;;;;+2/p-2. The van der Waals surface area contributed by atoms with E-state index in [-0.39, 0.29) is 24.8 Å². The fourth-order valence-corrected chi connectivity index (χ4v) is 3.51. The van der Waals surface area contributed by atoms with Crippen molar-refractivity contribution in [3.05, 3.63) is 151 Å². The first kappa shape index (κ1) is 35.6. The first-order chi connectivity index (χ1) is 17.6. The van der Waals surface area contributed by atoms with Gasteiger partial charge in [-0.1, -0.05) is 62.6 Å². The van der Waals surface area contributed by atoms with Crippen molar-refractivity contribution in [2.75, 3.05) is 0 Å². The van der Waals surface area contributed by atoms with Crippen LogP contribution in [-0.2, 0) is 24.2 Å². The largest absolute Gasteiger partial charge is 1.00 e. The van der Waals surface area contributed by atoms with Crippen molar-refractivity contribution in [3.63, 3.8) is 0 Å². The van der Waals surface area contributed by atoms with Crippen molar-refractivity contribution in [1.29, 1.82) is 0 Å². The summed E-state index contributed by atoms with van der Waals surface area (Å²) in [7, 11) is 0. The molecule has 0 aliphatic heterocycles. The molecule has 0 radical (unpaired) electrons. The van der Waals surface area contributed by atoms with Crippen LogP contribution in [0.15, 0.2) is 133 Å². The Bertz CT molecular complexity index is 1180. The molecule has 38 heavy (non-hydrogen) atoms. The van der Waals surface area contributed by atoms with Crippen LogP contribution in [0.2, 0.25) is 0 Å². The Kier molecular flexibility index (Phi) is 19.2.